The van der Waals surface area contributed by atoms with E-state index in [1.165, 1.54) is 11.0 Å². The number of carbonyl (C=O) groups excluding carboxylic acids is 4. The average molecular weight is 878 g/mol. The molecule has 13 nitrogen and oxygen atoms in total. The Bertz CT molecular complexity index is 2510. The molecule has 2 saturated carbocycles. The molecule has 3 fully saturated rings. The lowest BCUT2D eigenvalue weighted by molar-refractivity contribution is -0.144. The van der Waals surface area contributed by atoms with Crippen molar-refractivity contribution in [2.45, 2.75) is 109 Å². The molecule has 3 aliphatic rings. The fourth-order valence-electron chi connectivity index (χ4n) is 8.53. The van der Waals surface area contributed by atoms with Crippen LogP contribution < -0.4 is 24.8 Å². The zero-order valence-corrected chi connectivity index (χ0v) is 38.0. The van der Waals surface area contributed by atoms with Crippen molar-refractivity contribution in [3.8, 4) is 22.8 Å². The molecule has 0 radical (unpaired) electrons. The second-order valence-corrected chi connectivity index (χ2v) is 21.7. The number of fused-ring (bicyclic) bond motifs is 1. The van der Waals surface area contributed by atoms with Gasteiger partial charge in [0.25, 0.3) is 5.91 Å². The number of sulfonamides is 1. The Hall–Kier alpha value is -5.76. The highest BCUT2D eigenvalue weighted by atomic mass is 32.2. The van der Waals surface area contributed by atoms with E-state index in [2.05, 4.69) is 21.9 Å². The van der Waals surface area contributed by atoms with Crippen LogP contribution in [0.3, 0.4) is 0 Å². The number of hydrogen-bond donors (Lipinski definition) is 3. The minimum Gasteiger partial charge on any atom is -0.497 e. The predicted octanol–water partition coefficient (Wildman–Crippen LogP) is 6.51. The molecule has 2 aliphatic carbocycles. The van der Waals surface area contributed by atoms with Crippen LogP contribution in [-0.4, -0.2) is 84.1 Å². The summed E-state index contributed by atoms with van der Waals surface area (Å²) in [6, 6.07) is 24.0. The van der Waals surface area contributed by atoms with Crippen molar-refractivity contribution in [1.29, 1.82) is 0 Å². The number of aromatic nitrogens is 1. The van der Waals surface area contributed by atoms with Gasteiger partial charge in [0.2, 0.25) is 27.7 Å². The van der Waals surface area contributed by atoms with Gasteiger partial charge in [0.15, 0.2) is 0 Å². The Kier molecular flexibility index (Phi) is 12.3. The molecule has 14 heteroatoms. The minimum atomic E-state index is -4.16. The average Bonchev–Trinajstić information content (AvgIpc) is 4.13. The van der Waals surface area contributed by atoms with Gasteiger partial charge in [-0.3, -0.25) is 23.9 Å². The minimum absolute atomic E-state index is 0.0277. The highest BCUT2D eigenvalue weighted by Gasteiger charge is 2.63. The molecule has 334 valence electrons. The van der Waals surface area contributed by atoms with Crippen molar-refractivity contribution >= 4 is 44.6 Å². The first kappa shape index (κ1) is 45.3. The first-order valence-corrected chi connectivity index (χ1v) is 23.0. The number of hydrogen-bond acceptors (Lipinski definition) is 9. The van der Waals surface area contributed by atoms with Gasteiger partial charge in [-0.05, 0) is 54.2 Å². The van der Waals surface area contributed by atoms with E-state index in [1.54, 1.807) is 13.2 Å². The van der Waals surface area contributed by atoms with Crippen LogP contribution in [0, 0.1) is 16.7 Å². The van der Waals surface area contributed by atoms with Crippen LogP contribution in [0.5, 0.6) is 11.5 Å². The molecule has 3 N–H and O–H groups in total. The molecule has 2 heterocycles. The van der Waals surface area contributed by atoms with Crippen LogP contribution in [0.2, 0.25) is 0 Å². The van der Waals surface area contributed by atoms with Crippen molar-refractivity contribution in [2.75, 3.05) is 13.7 Å². The molecule has 0 spiro atoms. The summed E-state index contributed by atoms with van der Waals surface area (Å²) in [4.78, 5) is 63.6. The predicted molar refractivity (Wildman–Crippen MR) is 242 cm³/mol. The number of benzene rings is 3. The molecule has 7 rings (SSSR count). The number of amides is 4. The molecule has 5 unspecified atom stereocenters. The van der Waals surface area contributed by atoms with Gasteiger partial charge < -0.3 is 25.0 Å². The summed E-state index contributed by atoms with van der Waals surface area (Å²) in [6.45, 7) is 15.2. The summed E-state index contributed by atoms with van der Waals surface area (Å²) < 4.78 is 41.3. The van der Waals surface area contributed by atoms with E-state index >= 15 is 0 Å². The van der Waals surface area contributed by atoms with E-state index in [0.29, 0.717) is 40.9 Å². The van der Waals surface area contributed by atoms with E-state index in [9.17, 15) is 27.6 Å². The third kappa shape index (κ3) is 9.75. The lowest BCUT2D eigenvalue weighted by Crippen LogP contribution is -2.60. The summed E-state index contributed by atoms with van der Waals surface area (Å²) in [5, 5.41) is 6.55. The smallest absolute Gasteiger partial charge is 0.259 e. The lowest BCUT2D eigenvalue weighted by atomic mass is 9.84. The van der Waals surface area contributed by atoms with Gasteiger partial charge in [0, 0.05) is 41.8 Å². The van der Waals surface area contributed by atoms with Crippen LogP contribution in [0.1, 0.15) is 79.2 Å². The van der Waals surface area contributed by atoms with Crippen molar-refractivity contribution < 1.29 is 37.1 Å². The van der Waals surface area contributed by atoms with Crippen LogP contribution in [0.15, 0.2) is 97.6 Å². The molecule has 4 aromatic rings. The Morgan fingerprint density at radius 1 is 0.952 bits per heavy atom. The lowest BCUT2D eigenvalue weighted by Gasteiger charge is -2.36. The fourth-order valence-corrected chi connectivity index (χ4v) is 10.2. The Morgan fingerprint density at radius 3 is 2.21 bits per heavy atom. The molecule has 0 bridgehead atoms. The van der Waals surface area contributed by atoms with E-state index in [4.69, 9.17) is 14.5 Å². The van der Waals surface area contributed by atoms with Crippen molar-refractivity contribution in [1.82, 2.24) is 25.2 Å². The van der Waals surface area contributed by atoms with Crippen LogP contribution >= 0.6 is 0 Å². The van der Waals surface area contributed by atoms with E-state index in [-0.39, 0.29) is 43.6 Å². The number of carbonyl (C=O) groups is 4. The molecule has 3 aromatic carbocycles. The molecule has 63 heavy (non-hydrogen) atoms. The molecule has 4 amide bonds. The maximum atomic E-state index is 14.9. The van der Waals surface area contributed by atoms with Gasteiger partial charge >= 0.3 is 0 Å². The third-order valence-electron chi connectivity index (χ3n) is 12.3. The van der Waals surface area contributed by atoms with Gasteiger partial charge in [-0.2, -0.15) is 0 Å². The summed E-state index contributed by atoms with van der Waals surface area (Å²) in [6.07, 6.45) is 2.16. The highest BCUT2D eigenvalue weighted by molar-refractivity contribution is 7.91. The molecule has 1 saturated heterocycles. The SMILES string of the molecule is C=CC1CC1(NC(=O)C1CC(Oc2cc(-c3ccccc3)nc3cc(OC)ccc23)CN1C(=O)C(NC(=O)CC(C)(C)C)C(C)(C)C)C(=O)NS(=O)(=O)C1(Cc2ccccc2)CC1. The largest absolute Gasteiger partial charge is 0.497 e. The van der Waals surface area contributed by atoms with Crippen LogP contribution in [0.25, 0.3) is 22.2 Å². The summed E-state index contributed by atoms with van der Waals surface area (Å²) in [5.41, 5.74) is 0.217. The molecular formula is C49H59N5O8S. The summed E-state index contributed by atoms with van der Waals surface area (Å²) in [7, 11) is -2.59. The zero-order valence-electron chi connectivity index (χ0n) is 37.2. The standard InChI is InChI=1S/C49H59N5O8S/c1-9-33-28-49(33,45(58)53-63(59,60)48(22-23-48)27-31-16-12-10-13-17-31)52-43(56)39-25-35(30-54(39)44(57)42(47(5,6)7)51-41(55)29-46(2,3)4)62-40-26-37(32-18-14-11-15-19-32)50-38-24-34(61-8)20-21-36(38)40/h9-21,24,26,33,35,39,42H,1,22-23,25,27-30H2,2-8H3,(H,51,55)(H,52,56)(H,53,58). The van der Waals surface area contributed by atoms with Gasteiger partial charge in [0.05, 0.1) is 29.6 Å². The molecular weight excluding hydrogens is 819 g/mol. The first-order valence-electron chi connectivity index (χ1n) is 21.5. The van der Waals surface area contributed by atoms with Crippen LogP contribution in [-0.2, 0) is 35.6 Å². The molecule has 5 atom stereocenters. The number of nitrogens with one attached hydrogen (secondary N) is 3. The van der Waals surface area contributed by atoms with Crippen molar-refractivity contribution in [2.24, 2.45) is 16.7 Å². The second-order valence-electron chi connectivity index (χ2n) is 19.6. The maximum Gasteiger partial charge on any atom is 0.259 e. The fraction of sp³-hybridized carbons (Fsp3) is 0.449. The number of ether oxygens (including phenoxy) is 2. The van der Waals surface area contributed by atoms with E-state index in [0.717, 1.165) is 11.1 Å². The van der Waals surface area contributed by atoms with Gasteiger partial charge in [0.1, 0.15) is 35.2 Å². The second kappa shape index (κ2) is 17.1. The number of rotatable bonds is 15. The van der Waals surface area contributed by atoms with Crippen molar-refractivity contribution in [3.63, 3.8) is 0 Å². The van der Waals surface area contributed by atoms with Crippen LogP contribution in [0.4, 0.5) is 0 Å². The number of likely N-dealkylation sites (tertiary alicyclic amines) is 1. The Labute approximate surface area is 370 Å². The number of methoxy groups -OCH3 is 1. The third-order valence-corrected chi connectivity index (χ3v) is 14.5. The number of pyridine rings is 1. The Morgan fingerprint density at radius 2 is 1.62 bits per heavy atom. The van der Waals surface area contributed by atoms with Crippen molar-refractivity contribution in [3.05, 3.63) is 103 Å². The van der Waals surface area contributed by atoms with Gasteiger partial charge in [-0.15, -0.1) is 6.58 Å². The van der Waals surface area contributed by atoms with Gasteiger partial charge in [-0.25, -0.2) is 13.4 Å². The Balaban J connectivity index is 1.20. The molecule has 1 aliphatic heterocycles. The topological polar surface area (TPSA) is 173 Å². The monoisotopic (exact) mass is 877 g/mol. The summed E-state index contributed by atoms with van der Waals surface area (Å²) >= 11 is 0. The quantitative estimate of drug-likeness (QED) is 0.113. The zero-order chi connectivity index (χ0) is 45.5. The maximum absolute atomic E-state index is 14.9. The highest BCUT2D eigenvalue weighted by Crippen LogP contribution is 2.49. The number of nitrogens with zero attached hydrogens (tertiary/aromatic N) is 2. The molecule has 1 aromatic heterocycles. The first-order chi connectivity index (χ1) is 29.7. The van der Waals surface area contributed by atoms with E-state index in [1.807, 2.05) is 120 Å². The van der Waals surface area contributed by atoms with E-state index < -0.39 is 67.6 Å². The summed E-state index contributed by atoms with van der Waals surface area (Å²) in [5.74, 6) is -1.77. The van der Waals surface area contributed by atoms with Gasteiger partial charge in [-0.1, -0.05) is 108 Å². The normalized spacial score (nSPS) is 22.1.